The van der Waals surface area contributed by atoms with Crippen LogP contribution in [0.5, 0.6) is 0 Å². The zero-order valence-electron chi connectivity index (χ0n) is 13.8. The lowest BCUT2D eigenvalue weighted by atomic mass is 9.77. The van der Waals surface area contributed by atoms with E-state index < -0.39 is 0 Å². The number of aromatic nitrogens is 2. The molecule has 0 amide bonds. The third-order valence-corrected chi connectivity index (χ3v) is 4.95. The van der Waals surface area contributed by atoms with Crippen LogP contribution in [0.15, 0.2) is 78.9 Å². The SMILES string of the molecule is Clc1cc(-c2ccccc2)nc(C2=CC=CCC2C2C=CC=CC2)n1. The van der Waals surface area contributed by atoms with Gasteiger partial charge in [0.25, 0.3) is 0 Å². The molecule has 0 saturated carbocycles. The van der Waals surface area contributed by atoms with Crippen molar-refractivity contribution in [3.05, 3.63) is 89.9 Å². The topological polar surface area (TPSA) is 25.8 Å². The first-order valence-electron chi connectivity index (χ1n) is 8.62. The maximum atomic E-state index is 6.33. The van der Waals surface area contributed by atoms with E-state index in [1.165, 1.54) is 5.57 Å². The van der Waals surface area contributed by atoms with Crippen molar-refractivity contribution in [2.24, 2.45) is 11.8 Å². The van der Waals surface area contributed by atoms with Crippen molar-refractivity contribution in [3.8, 4) is 11.3 Å². The van der Waals surface area contributed by atoms with E-state index in [1.807, 2.05) is 36.4 Å². The van der Waals surface area contributed by atoms with Crippen molar-refractivity contribution >= 4 is 17.2 Å². The molecule has 2 aromatic rings. The highest BCUT2D eigenvalue weighted by Crippen LogP contribution is 2.38. The van der Waals surface area contributed by atoms with Gasteiger partial charge in [-0.25, -0.2) is 9.97 Å². The summed E-state index contributed by atoms with van der Waals surface area (Å²) < 4.78 is 0. The van der Waals surface area contributed by atoms with Gasteiger partial charge in [-0.15, -0.1) is 0 Å². The summed E-state index contributed by atoms with van der Waals surface area (Å²) in [4.78, 5) is 9.37. The van der Waals surface area contributed by atoms with Crippen LogP contribution in [-0.4, -0.2) is 9.97 Å². The highest BCUT2D eigenvalue weighted by molar-refractivity contribution is 6.29. The number of nitrogens with zero attached hydrogens (tertiary/aromatic N) is 2. The van der Waals surface area contributed by atoms with Crippen LogP contribution in [0, 0.1) is 11.8 Å². The number of allylic oxidation sites excluding steroid dienone is 8. The van der Waals surface area contributed by atoms with Crippen LogP contribution in [0.3, 0.4) is 0 Å². The predicted octanol–water partition coefficient (Wildman–Crippen LogP) is 5.89. The summed E-state index contributed by atoms with van der Waals surface area (Å²) in [5.41, 5.74) is 3.09. The average molecular weight is 347 g/mol. The van der Waals surface area contributed by atoms with Crippen LogP contribution in [0.4, 0.5) is 0 Å². The van der Waals surface area contributed by atoms with Gasteiger partial charge in [0.05, 0.1) is 5.69 Å². The van der Waals surface area contributed by atoms with Gasteiger partial charge in [0.2, 0.25) is 0 Å². The number of halogens is 1. The molecule has 0 aliphatic heterocycles. The van der Waals surface area contributed by atoms with Gasteiger partial charge in [-0.1, -0.05) is 84.5 Å². The monoisotopic (exact) mass is 346 g/mol. The van der Waals surface area contributed by atoms with Gasteiger partial charge in [0, 0.05) is 17.2 Å². The fraction of sp³-hybridized carbons (Fsp3) is 0.182. The molecule has 2 atom stereocenters. The molecule has 2 aliphatic rings. The van der Waals surface area contributed by atoms with Crippen LogP contribution >= 0.6 is 11.6 Å². The molecule has 25 heavy (non-hydrogen) atoms. The Morgan fingerprint density at radius 3 is 2.56 bits per heavy atom. The Balaban J connectivity index is 1.73. The lowest BCUT2D eigenvalue weighted by Gasteiger charge is -2.28. The molecule has 0 fully saturated rings. The molecule has 2 unspecified atom stereocenters. The minimum Gasteiger partial charge on any atom is -0.228 e. The molecule has 0 bridgehead atoms. The average Bonchev–Trinajstić information content (AvgIpc) is 2.69. The minimum absolute atomic E-state index is 0.383. The number of hydrogen-bond donors (Lipinski definition) is 0. The highest BCUT2D eigenvalue weighted by Gasteiger charge is 2.26. The van der Waals surface area contributed by atoms with Gasteiger partial charge < -0.3 is 0 Å². The van der Waals surface area contributed by atoms with Crippen molar-refractivity contribution in [1.29, 1.82) is 0 Å². The fourth-order valence-corrected chi connectivity index (χ4v) is 3.68. The second-order valence-corrected chi connectivity index (χ2v) is 6.76. The van der Waals surface area contributed by atoms with Gasteiger partial charge in [-0.3, -0.25) is 0 Å². The maximum absolute atomic E-state index is 6.33. The molecule has 0 radical (unpaired) electrons. The molecule has 0 saturated heterocycles. The lowest BCUT2D eigenvalue weighted by molar-refractivity contribution is 0.489. The molecule has 4 rings (SSSR count). The largest absolute Gasteiger partial charge is 0.228 e. The van der Waals surface area contributed by atoms with Crippen molar-refractivity contribution < 1.29 is 0 Å². The van der Waals surface area contributed by atoms with E-state index in [9.17, 15) is 0 Å². The molecule has 1 aromatic carbocycles. The smallest absolute Gasteiger partial charge is 0.157 e. The first-order chi connectivity index (χ1) is 12.3. The Morgan fingerprint density at radius 1 is 0.920 bits per heavy atom. The van der Waals surface area contributed by atoms with Crippen molar-refractivity contribution in [1.82, 2.24) is 9.97 Å². The number of benzene rings is 1. The summed E-state index contributed by atoms with van der Waals surface area (Å²) in [6.45, 7) is 0. The van der Waals surface area contributed by atoms with Gasteiger partial charge >= 0.3 is 0 Å². The van der Waals surface area contributed by atoms with Crippen LogP contribution in [0.25, 0.3) is 16.8 Å². The van der Waals surface area contributed by atoms with Crippen molar-refractivity contribution in [3.63, 3.8) is 0 Å². The van der Waals surface area contributed by atoms with E-state index in [-0.39, 0.29) is 0 Å². The Morgan fingerprint density at radius 2 is 1.76 bits per heavy atom. The fourth-order valence-electron chi connectivity index (χ4n) is 3.49. The molecule has 3 heteroatoms. The Hall–Kier alpha value is -2.45. The minimum atomic E-state index is 0.383. The quantitative estimate of drug-likeness (QED) is 0.647. The second kappa shape index (κ2) is 7.20. The van der Waals surface area contributed by atoms with Crippen LogP contribution in [0.2, 0.25) is 5.15 Å². The Labute approximate surface area is 153 Å². The first kappa shape index (κ1) is 16.0. The zero-order valence-corrected chi connectivity index (χ0v) is 14.6. The third kappa shape index (κ3) is 3.49. The molecule has 2 nitrogen and oxygen atoms in total. The molecule has 0 N–H and O–H groups in total. The summed E-state index contributed by atoms with van der Waals surface area (Å²) in [5, 5.41) is 0.483. The van der Waals surface area contributed by atoms with Crippen molar-refractivity contribution in [2.75, 3.05) is 0 Å². The molecule has 1 heterocycles. The predicted molar refractivity (Wildman–Crippen MR) is 104 cm³/mol. The van der Waals surface area contributed by atoms with E-state index in [2.05, 4.69) is 47.5 Å². The molecular weight excluding hydrogens is 328 g/mol. The molecular formula is C22H19ClN2. The molecule has 2 aliphatic carbocycles. The zero-order chi connectivity index (χ0) is 17.1. The lowest BCUT2D eigenvalue weighted by Crippen LogP contribution is -2.18. The van der Waals surface area contributed by atoms with E-state index >= 15 is 0 Å². The van der Waals surface area contributed by atoms with E-state index in [1.54, 1.807) is 0 Å². The highest BCUT2D eigenvalue weighted by atomic mass is 35.5. The number of hydrogen-bond acceptors (Lipinski definition) is 2. The first-order valence-corrected chi connectivity index (χ1v) is 8.99. The molecule has 1 aromatic heterocycles. The summed E-state index contributed by atoms with van der Waals surface area (Å²) in [5.74, 6) is 1.60. The molecule has 124 valence electrons. The van der Waals surface area contributed by atoms with Crippen molar-refractivity contribution in [2.45, 2.75) is 12.8 Å². The summed E-state index contributed by atoms with van der Waals surface area (Å²) in [7, 11) is 0. The Kier molecular flexibility index (Phi) is 4.62. The van der Waals surface area contributed by atoms with E-state index in [0.29, 0.717) is 17.0 Å². The maximum Gasteiger partial charge on any atom is 0.157 e. The van der Waals surface area contributed by atoms with E-state index in [0.717, 1.165) is 29.9 Å². The summed E-state index contributed by atoms with van der Waals surface area (Å²) >= 11 is 6.33. The summed E-state index contributed by atoms with van der Waals surface area (Å²) in [6.07, 6.45) is 17.3. The standard InChI is InChI=1S/C22H19ClN2/c23-21-15-20(17-11-5-2-6-12-17)24-22(25-21)19-14-8-7-13-18(19)16-9-3-1-4-10-16/h1-9,11-12,14-16,18H,10,13H2. The van der Waals surface area contributed by atoms with Crippen LogP contribution in [0.1, 0.15) is 18.7 Å². The van der Waals surface area contributed by atoms with Crippen LogP contribution < -0.4 is 0 Å². The van der Waals surface area contributed by atoms with Gasteiger partial charge in [-0.2, -0.15) is 0 Å². The van der Waals surface area contributed by atoms with Gasteiger partial charge in [0.15, 0.2) is 5.82 Å². The van der Waals surface area contributed by atoms with E-state index in [4.69, 9.17) is 16.6 Å². The third-order valence-electron chi connectivity index (χ3n) is 4.75. The van der Waals surface area contributed by atoms with Gasteiger partial charge in [0.1, 0.15) is 5.15 Å². The Bertz CT molecular complexity index is 878. The number of rotatable bonds is 3. The van der Waals surface area contributed by atoms with Crippen LogP contribution in [-0.2, 0) is 0 Å². The second-order valence-electron chi connectivity index (χ2n) is 6.37. The molecule has 0 spiro atoms. The summed E-state index contributed by atoms with van der Waals surface area (Å²) in [6, 6.07) is 11.9. The normalized spacial score (nSPS) is 22.0. The van der Waals surface area contributed by atoms with Gasteiger partial charge in [-0.05, 0) is 24.7 Å².